The summed E-state index contributed by atoms with van der Waals surface area (Å²) in [6, 6.07) is 27.6. The first-order valence-corrected chi connectivity index (χ1v) is 46.6. The van der Waals surface area contributed by atoms with Gasteiger partial charge in [0.25, 0.3) is 5.91 Å². The Bertz CT molecular complexity index is 5520. The molecule has 36 heteroatoms. The van der Waals surface area contributed by atoms with Gasteiger partial charge < -0.3 is 104 Å². The Kier molecular flexibility index (Phi) is 35.1. The lowest BCUT2D eigenvalue weighted by atomic mass is 9.44. The van der Waals surface area contributed by atoms with E-state index in [4.69, 9.17) is 30.4 Å². The fourth-order valence-electron chi connectivity index (χ4n) is 19.0. The normalized spacial score (nSPS) is 22.8. The molecular formula is C102H127N13O23. The number of carbonyl (C=O) groups excluding carboxylic acids is 15. The first kappa shape index (κ1) is 105. The number of aromatic amines is 1. The number of H-pyrrole nitrogens is 1. The third kappa shape index (κ3) is 25.3. The molecule has 2 unspecified atom stereocenters. The van der Waals surface area contributed by atoms with Crippen LogP contribution in [-0.4, -0.2) is 222 Å². The number of esters is 3. The number of hydrogen-bond acceptors (Lipinski definition) is 24. The van der Waals surface area contributed by atoms with Gasteiger partial charge in [-0.25, -0.2) is 14.6 Å². The van der Waals surface area contributed by atoms with Gasteiger partial charge in [-0.2, -0.15) is 0 Å². The summed E-state index contributed by atoms with van der Waals surface area (Å²) in [5, 5.41) is 75.7. The molecule has 138 heavy (non-hydrogen) atoms. The van der Waals surface area contributed by atoms with Crippen molar-refractivity contribution in [2.24, 2.45) is 51.9 Å². The molecule has 11 rings (SSSR count). The maximum atomic E-state index is 15.8. The Morgan fingerprint density at radius 3 is 1.82 bits per heavy atom. The Balaban J connectivity index is 0.805. The molecule has 1 aliphatic heterocycles. The summed E-state index contributed by atoms with van der Waals surface area (Å²) in [5.74, 6) is -16.7. The van der Waals surface area contributed by atoms with Crippen LogP contribution in [0, 0.1) is 40.4 Å². The smallest absolute Gasteiger partial charge is 0.350 e. The van der Waals surface area contributed by atoms with Crippen molar-refractivity contribution in [2.45, 2.75) is 249 Å². The number of nitrogens with one attached hydrogen (secondary N) is 10. The molecule has 18 N–H and O–H groups in total. The van der Waals surface area contributed by atoms with Gasteiger partial charge in [-0.1, -0.05) is 195 Å². The highest BCUT2D eigenvalue weighted by atomic mass is 16.6. The highest BCUT2D eigenvalue weighted by Gasteiger charge is 2.76. The van der Waals surface area contributed by atoms with E-state index in [0.717, 1.165) is 11.1 Å². The van der Waals surface area contributed by atoms with Crippen LogP contribution in [0.1, 0.15) is 189 Å². The van der Waals surface area contributed by atoms with Crippen molar-refractivity contribution < 1.29 is 111 Å². The summed E-state index contributed by atoms with van der Waals surface area (Å²) in [4.78, 5) is 223. The number of benzene rings is 5. The molecule has 5 aliphatic rings. The van der Waals surface area contributed by atoms with Crippen LogP contribution < -0.4 is 59.3 Å². The molecule has 4 aliphatic carbocycles. The lowest BCUT2D eigenvalue weighted by Crippen LogP contribution is -2.81. The van der Waals surface area contributed by atoms with Crippen molar-refractivity contribution in [3.8, 4) is 0 Å². The Morgan fingerprint density at radius 2 is 1.20 bits per heavy atom. The number of ketones is 1. The van der Waals surface area contributed by atoms with Gasteiger partial charge in [0.2, 0.25) is 65.2 Å². The Labute approximate surface area is 800 Å². The molecule has 1 saturated heterocycles. The zero-order valence-electron chi connectivity index (χ0n) is 79.3. The van der Waals surface area contributed by atoms with E-state index in [1.165, 1.54) is 77.3 Å². The standard InChI is InChI=1S/C102H127N13O23/c1-55(2)44-66(89(104)123)38-39-67(45-56(3)4)109-94(128)73(48-68-51-105-54-107-68)111-79(119)52-106-96(130)82(57(5)6)114-90(124)59(8)108-93(127)72(47-65-37-36-61-28-24-25-35-69(61)65)113-92(126)70(40-41-77(103)117)112-95(129)71(46-60-26-16-12-17-27-60)110-78(118)42-43-80(120)137-85(83(62-29-18-13-19-30-62)115-91(125)63-31-20-14-21-32-63)98(132)136-74-50-102(134)88(138-97(131)64-33-22-15-23-34-64)86-100(11,75(116)49-76-101(86,133)53-135-76)87(122)84(121)81(58(74)7)99(102,9)10/h12-35,37-39,51,54-57,59,66-67,70-76,82-86,88,116,121,133-134H,36,40-50,52-53H2,1-11H3,(H2,103,117)(H2,104,123)(H,105,107)(H,106,130)(H,108,127)(H,109,128)(H,110,118)(H,111,119)(H,112,129)(H,113,126)(H,114,124)(H,115,125)/b39-38+/t59-,66?,67+,70-,71-,72-,73-,74-,75+,76+,82?,83-,84+,85+,86-,88-,100+,101-,102+/m0/s1. The van der Waals surface area contributed by atoms with E-state index < -0.39 is 259 Å². The fourth-order valence-corrected chi connectivity index (χ4v) is 19.0. The summed E-state index contributed by atoms with van der Waals surface area (Å²) >= 11 is 0. The molecule has 36 nitrogen and oxygen atoms in total. The summed E-state index contributed by atoms with van der Waals surface area (Å²) < 4.78 is 24.7. The Hall–Kier alpha value is -13.4. The number of ether oxygens (including phenoxy) is 4. The third-order valence-corrected chi connectivity index (χ3v) is 26.7. The molecule has 0 radical (unpaired) electrons. The number of aromatic nitrogens is 2. The number of rotatable bonds is 44. The molecule has 19 atom stereocenters. The van der Waals surface area contributed by atoms with E-state index in [1.807, 2.05) is 52.0 Å². The highest BCUT2D eigenvalue weighted by molar-refractivity contribution is 6.00. The second-order valence-corrected chi connectivity index (χ2v) is 38.2. The number of Topliss-reactive ketones (excluding diaryl/α,β-unsaturated/α-hetero) is 1. The molecule has 2 bridgehead atoms. The van der Waals surface area contributed by atoms with Gasteiger partial charge in [0.1, 0.15) is 71.8 Å². The van der Waals surface area contributed by atoms with Crippen LogP contribution >= 0.6 is 0 Å². The predicted molar refractivity (Wildman–Crippen MR) is 503 cm³/mol. The SMILES string of the molecule is CC1=C2[C@@H](O)C(=O)[C@]3(C)[C@H](O)C[C@H]4OC[C@@]4(O)[C@H]3[C@H](OC(=O)c3ccccc3)[C@](O)(C[C@@H]1OC(=O)[C@H](OC(=O)CCC(=O)N[C@@H](Cc1ccccc1)C(=O)N[C@@H](CCC(N)=O)C(=O)N[C@@H](CC1=CCc3ccccc31)C(=O)N[C@@H](C)C(=O)NC(C(=O)NCC(=O)N[C@@H](Cc1c[nH]cn1)C(=O)N[C@H](/C=C/C(CC(C)C)C(N)=O)CC(C)C)C(C)C)[C@@H](NC(=O)c1ccccc1)c1ccccc1)C2(C)C. The van der Waals surface area contributed by atoms with Crippen LogP contribution in [0.4, 0.5) is 0 Å². The number of amides is 11. The molecule has 0 spiro atoms. The molecule has 2 saturated carbocycles. The number of aliphatic hydroxyl groups excluding tert-OH is 2. The summed E-state index contributed by atoms with van der Waals surface area (Å²) in [5.41, 5.74) is 5.93. The zero-order valence-corrected chi connectivity index (χ0v) is 79.3. The lowest BCUT2D eigenvalue weighted by Gasteiger charge is -2.66. The summed E-state index contributed by atoms with van der Waals surface area (Å²) in [6.45, 7) is 17.0. The molecule has 3 fully saturated rings. The number of nitrogens with two attached hydrogens (primary N) is 2. The van der Waals surface area contributed by atoms with E-state index >= 15 is 19.2 Å². The molecule has 1 aromatic heterocycles. The molecule has 2 heterocycles. The van der Waals surface area contributed by atoms with Crippen LogP contribution in [0.15, 0.2) is 187 Å². The van der Waals surface area contributed by atoms with Crippen molar-refractivity contribution in [2.75, 3.05) is 13.2 Å². The number of fused-ring (bicyclic) bond motifs is 6. The van der Waals surface area contributed by atoms with Crippen molar-refractivity contribution in [1.82, 2.24) is 57.8 Å². The van der Waals surface area contributed by atoms with Gasteiger partial charge in [-0.05, 0) is 127 Å². The van der Waals surface area contributed by atoms with Crippen LogP contribution in [-0.2, 0) is 101 Å². The van der Waals surface area contributed by atoms with Crippen molar-refractivity contribution in [3.05, 3.63) is 227 Å². The monoisotopic (exact) mass is 1900 g/mol. The lowest BCUT2D eigenvalue weighted by molar-refractivity contribution is -0.343. The number of imidazole rings is 1. The maximum Gasteiger partial charge on any atom is 0.350 e. The molecule has 6 aromatic rings. The fraction of sp³-hybridized carbons (Fsp3) is 0.471. The molecule has 11 amide bonds. The van der Waals surface area contributed by atoms with Gasteiger partial charge in [-0.3, -0.25) is 62.3 Å². The largest absolute Gasteiger partial charge is 0.455 e. The minimum Gasteiger partial charge on any atom is -0.455 e. The number of hydrogen-bond donors (Lipinski definition) is 16. The van der Waals surface area contributed by atoms with Gasteiger partial charge in [0.15, 0.2) is 5.78 Å². The average molecular weight is 1900 g/mol. The third-order valence-electron chi connectivity index (χ3n) is 26.7. The number of carbonyl (C=O) groups is 15. The summed E-state index contributed by atoms with van der Waals surface area (Å²) in [7, 11) is 0. The van der Waals surface area contributed by atoms with Gasteiger partial charge >= 0.3 is 17.9 Å². The van der Waals surface area contributed by atoms with Crippen LogP contribution in [0.5, 0.6) is 0 Å². The van der Waals surface area contributed by atoms with E-state index in [2.05, 4.69) is 57.8 Å². The number of allylic oxidation sites excluding steroid dienone is 1. The van der Waals surface area contributed by atoms with E-state index in [9.17, 15) is 73.2 Å². The number of aliphatic hydroxyl groups is 4. The zero-order chi connectivity index (χ0) is 100. The number of primary amides is 2. The minimum absolute atomic E-state index is 0.00346. The van der Waals surface area contributed by atoms with E-state index in [1.54, 1.807) is 123 Å². The van der Waals surface area contributed by atoms with Gasteiger partial charge in [0, 0.05) is 74.1 Å². The molecule has 738 valence electrons. The quantitative estimate of drug-likeness (QED) is 0.0143. The predicted octanol–water partition coefficient (Wildman–Crippen LogP) is 4.36. The Morgan fingerprint density at radius 1 is 0.616 bits per heavy atom. The molecule has 5 aromatic carbocycles. The van der Waals surface area contributed by atoms with Gasteiger partial charge in [-0.15, -0.1) is 0 Å². The van der Waals surface area contributed by atoms with Gasteiger partial charge in [0.05, 0.1) is 60.7 Å². The summed E-state index contributed by atoms with van der Waals surface area (Å²) in [6.07, 6.45) is -5.55. The van der Waals surface area contributed by atoms with Crippen molar-refractivity contribution >= 4 is 94.2 Å². The molecular weight excluding hydrogens is 1780 g/mol. The number of nitrogens with zero attached hydrogens (tertiary/aromatic N) is 1. The van der Waals surface area contributed by atoms with Crippen molar-refractivity contribution in [1.29, 1.82) is 0 Å². The first-order chi connectivity index (χ1) is 65.4. The second kappa shape index (κ2) is 46.2. The highest BCUT2D eigenvalue weighted by Crippen LogP contribution is 2.63. The minimum atomic E-state index is -2.57. The first-order valence-electron chi connectivity index (χ1n) is 46.6. The van der Waals surface area contributed by atoms with Crippen LogP contribution in [0.3, 0.4) is 0 Å². The van der Waals surface area contributed by atoms with Crippen LogP contribution in [0.25, 0.3) is 5.57 Å². The van der Waals surface area contributed by atoms with Crippen LogP contribution in [0.2, 0.25) is 0 Å². The topological polar surface area (TPSA) is 563 Å². The van der Waals surface area contributed by atoms with E-state index in [0.29, 0.717) is 36.1 Å². The average Bonchev–Trinajstić information content (AvgIpc) is 0.736. The van der Waals surface area contributed by atoms with E-state index in [-0.39, 0.29) is 65.4 Å². The van der Waals surface area contributed by atoms with Crippen molar-refractivity contribution in [3.63, 3.8) is 0 Å². The second-order valence-electron chi connectivity index (χ2n) is 38.2. The maximum absolute atomic E-state index is 15.8.